The minimum Gasteiger partial charge on any atom is -0.465 e. The molecule has 0 bridgehead atoms. The molecule has 36 heavy (non-hydrogen) atoms. The van der Waals surface area contributed by atoms with E-state index in [4.69, 9.17) is 14.5 Å². The second kappa shape index (κ2) is 10.6. The smallest absolute Gasteiger partial charge is 0.150 e. The molecule has 0 amide bonds. The maximum absolute atomic E-state index is 5.51. The fraction of sp³-hybridized carbons (Fsp3) is 0.226. The predicted molar refractivity (Wildman–Crippen MR) is 152 cm³/mol. The van der Waals surface area contributed by atoms with Crippen LogP contribution < -0.4 is 9.91 Å². The number of benzene rings is 2. The van der Waals surface area contributed by atoms with Gasteiger partial charge in [-0.25, -0.2) is 9.99 Å². The molecule has 1 aliphatic rings. The molecule has 5 heteroatoms. The number of anilines is 2. The van der Waals surface area contributed by atoms with E-state index in [2.05, 4.69) is 92.4 Å². The maximum Gasteiger partial charge on any atom is 0.150 e. The Morgan fingerprint density at radius 2 is 1.78 bits per heavy atom. The molecule has 3 heterocycles. The largest absolute Gasteiger partial charge is 0.465 e. The third-order valence-corrected chi connectivity index (χ3v) is 6.63. The number of pyridine rings is 1. The number of aryl methyl sites for hydroxylation is 1. The molecular formula is C31H32N4O. The van der Waals surface area contributed by atoms with E-state index >= 15 is 0 Å². The van der Waals surface area contributed by atoms with Gasteiger partial charge in [-0.15, -0.1) is 0 Å². The first kappa shape index (κ1) is 23.6. The Balaban J connectivity index is 1.42. The lowest BCUT2D eigenvalue weighted by Crippen LogP contribution is -2.25. The Morgan fingerprint density at radius 1 is 0.972 bits per heavy atom. The summed E-state index contributed by atoms with van der Waals surface area (Å²) in [6.45, 7) is 8.51. The van der Waals surface area contributed by atoms with Crippen molar-refractivity contribution in [3.8, 4) is 0 Å². The summed E-state index contributed by atoms with van der Waals surface area (Å²) >= 11 is 0. The van der Waals surface area contributed by atoms with Crippen LogP contribution in [0.25, 0.3) is 23.1 Å². The highest BCUT2D eigenvalue weighted by molar-refractivity contribution is 6.01. The van der Waals surface area contributed by atoms with Crippen LogP contribution in [0.4, 0.5) is 11.5 Å². The minimum atomic E-state index is 0.0489. The van der Waals surface area contributed by atoms with Crippen LogP contribution in [0.2, 0.25) is 0 Å². The van der Waals surface area contributed by atoms with Gasteiger partial charge in [-0.3, -0.25) is 0 Å². The van der Waals surface area contributed by atoms with Gasteiger partial charge in [0.05, 0.1) is 23.5 Å². The summed E-state index contributed by atoms with van der Waals surface area (Å²) in [5.41, 5.74) is 5.60. The third kappa shape index (κ3) is 5.10. The summed E-state index contributed by atoms with van der Waals surface area (Å²) in [5, 5.41) is 8.18. The molecule has 4 aromatic rings. The maximum atomic E-state index is 5.51. The van der Waals surface area contributed by atoms with Crippen LogP contribution >= 0.6 is 0 Å². The summed E-state index contributed by atoms with van der Waals surface area (Å²) in [6, 6.07) is 23.0. The molecule has 5 rings (SSSR count). The Bertz CT molecular complexity index is 1400. The van der Waals surface area contributed by atoms with E-state index in [0.717, 1.165) is 47.9 Å². The van der Waals surface area contributed by atoms with Crippen LogP contribution in [0.15, 0.2) is 94.7 Å². The minimum absolute atomic E-state index is 0.0489. The summed E-state index contributed by atoms with van der Waals surface area (Å²) in [5.74, 6) is 1.68. The molecule has 5 nitrogen and oxygen atoms in total. The van der Waals surface area contributed by atoms with Crippen LogP contribution in [0.1, 0.15) is 37.2 Å². The number of nitrogens with zero attached hydrogens (tertiary/aromatic N) is 4. The Labute approximate surface area is 213 Å². The van der Waals surface area contributed by atoms with Crippen molar-refractivity contribution >= 4 is 40.3 Å². The van der Waals surface area contributed by atoms with Crippen LogP contribution in [0.5, 0.6) is 0 Å². The molecule has 0 fully saturated rings. The standard InChI is InChI=1S/C31H32N4O/c1-4-34(5-2)26-16-13-24(14-17-26)12-15-25-22-27(18-19-28-9-8-20-36-28)35(33-25)31-21-23(3)29-10-6-7-11-30(29)32-31/h6-21,27H,4-5,22H2,1-3H3. The van der Waals surface area contributed by atoms with Crippen molar-refractivity contribution in [2.75, 3.05) is 23.0 Å². The average molecular weight is 477 g/mol. The first-order chi connectivity index (χ1) is 17.6. The van der Waals surface area contributed by atoms with Crippen LogP contribution in [0.3, 0.4) is 0 Å². The van der Waals surface area contributed by atoms with Gasteiger partial charge >= 0.3 is 0 Å². The van der Waals surface area contributed by atoms with Crippen molar-refractivity contribution in [3.63, 3.8) is 0 Å². The van der Waals surface area contributed by atoms with Gasteiger partial charge in [0.1, 0.15) is 11.6 Å². The van der Waals surface area contributed by atoms with E-state index in [-0.39, 0.29) is 6.04 Å². The highest BCUT2D eigenvalue weighted by Crippen LogP contribution is 2.29. The van der Waals surface area contributed by atoms with E-state index in [9.17, 15) is 0 Å². The number of allylic oxidation sites excluding steroid dienone is 1. The highest BCUT2D eigenvalue weighted by atomic mass is 16.3. The molecular weight excluding hydrogens is 444 g/mol. The molecule has 0 N–H and O–H groups in total. The molecule has 0 saturated heterocycles. The first-order valence-electron chi connectivity index (χ1n) is 12.6. The number of hydrazone groups is 1. The number of aromatic nitrogens is 1. The number of fused-ring (bicyclic) bond motifs is 1. The van der Waals surface area contributed by atoms with Crippen molar-refractivity contribution in [1.82, 2.24) is 4.98 Å². The van der Waals surface area contributed by atoms with Crippen molar-refractivity contribution in [2.45, 2.75) is 33.2 Å². The van der Waals surface area contributed by atoms with Crippen molar-refractivity contribution in [2.24, 2.45) is 5.10 Å². The second-order valence-electron chi connectivity index (χ2n) is 8.99. The second-order valence-corrected chi connectivity index (χ2v) is 8.99. The SMILES string of the molecule is CCN(CC)c1ccc(C=CC2=NN(c3cc(C)c4ccccc4n3)C(C=Cc3ccco3)C2)cc1. The highest BCUT2D eigenvalue weighted by Gasteiger charge is 2.26. The molecule has 1 atom stereocenters. The fourth-order valence-electron chi connectivity index (χ4n) is 4.64. The van der Waals surface area contributed by atoms with Crippen LogP contribution in [-0.2, 0) is 0 Å². The van der Waals surface area contributed by atoms with Gasteiger partial charge in [0.25, 0.3) is 0 Å². The molecule has 2 aromatic carbocycles. The van der Waals surface area contributed by atoms with E-state index in [0.29, 0.717) is 0 Å². The molecule has 182 valence electrons. The number of rotatable bonds is 8. The Morgan fingerprint density at radius 3 is 2.53 bits per heavy atom. The summed E-state index contributed by atoms with van der Waals surface area (Å²) in [4.78, 5) is 7.29. The van der Waals surface area contributed by atoms with Crippen LogP contribution in [-0.4, -0.2) is 29.8 Å². The molecule has 0 saturated carbocycles. The third-order valence-electron chi connectivity index (χ3n) is 6.63. The van der Waals surface area contributed by atoms with E-state index < -0.39 is 0 Å². The molecule has 1 aliphatic heterocycles. The van der Waals surface area contributed by atoms with Gasteiger partial charge in [0.2, 0.25) is 0 Å². The predicted octanol–water partition coefficient (Wildman–Crippen LogP) is 7.34. The topological polar surface area (TPSA) is 44.9 Å². The van der Waals surface area contributed by atoms with Crippen molar-refractivity contribution in [3.05, 3.63) is 102 Å². The molecule has 2 aromatic heterocycles. The monoisotopic (exact) mass is 476 g/mol. The molecule has 0 aliphatic carbocycles. The number of para-hydroxylation sites is 1. The fourth-order valence-corrected chi connectivity index (χ4v) is 4.64. The van der Waals surface area contributed by atoms with E-state index in [1.165, 1.54) is 16.6 Å². The zero-order valence-corrected chi connectivity index (χ0v) is 21.1. The van der Waals surface area contributed by atoms with Gasteiger partial charge in [-0.1, -0.05) is 42.5 Å². The zero-order valence-electron chi connectivity index (χ0n) is 21.1. The summed E-state index contributed by atoms with van der Waals surface area (Å²) in [7, 11) is 0. The van der Waals surface area contributed by atoms with Gasteiger partial charge < -0.3 is 9.32 Å². The quantitative estimate of drug-likeness (QED) is 0.267. The number of hydrogen-bond donors (Lipinski definition) is 0. The van der Waals surface area contributed by atoms with E-state index in [1.54, 1.807) is 6.26 Å². The van der Waals surface area contributed by atoms with Crippen LogP contribution in [0, 0.1) is 6.92 Å². The average Bonchev–Trinajstić information content (AvgIpc) is 3.58. The van der Waals surface area contributed by atoms with Gasteiger partial charge in [-0.2, -0.15) is 5.10 Å². The molecule has 0 radical (unpaired) electrons. The van der Waals surface area contributed by atoms with Crippen molar-refractivity contribution in [1.29, 1.82) is 0 Å². The summed E-state index contributed by atoms with van der Waals surface area (Å²) in [6.07, 6.45) is 10.9. The normalized spacial score (nSPS) is 15.9. The number of furan rings is 1. The molecule has 1 unspecified atom stereocenters. The zero-order chi connectivity index (χ0) is 24.9. The lowest BCUT2D eigenvalue weighted by molar-refractivity contribution is 0.556. The summed E-state index contributed by atoms with van der Waals surface area (Å²) < 4.78 is 5.51. The first-order valence-corrected chi connectivity index (χ1v) is 12.6. The molecule has 0 spiro atoms. The van der Waals surface area contributed by atoms with Gasteiger partial charge in [0.15, 0.2) is 0 Å². The Hall–Kier alpha value is -4.12. The van der Waals surface area contributed by atoms with Crippen molar-refractivity contribution < 1.29 is 4.42 Å². The van der Waals surface area contributed by atoms with E-state index in [1.807, 2.05) is 29.3 Å². The van der Waals surface area contributed by atoms with Gasteiger partial charge in [0, 0.05) is 30.6 Å². The number of hydrogen-bond acceptors (Lipinski definition) is 5. The van der Waals surface area contributed by atoms with Gasteiger partial charge in [-0.05, 0) is 80.4 Å². The lowest BCUT2D eigenvalue weighted by atomic mass is 10.1. The lowest BCUT2D eigenvalue weighted by Gasteiger charge is -2.21. The Kier molecular flexibility index (Phi) is 6.99.